The number of carbonyl (C=O) groups is 6. The van der Waals surface area contributed by atoms with Crippen LogP contribution in [0, 0.1) is 5.92 Å². The van der Waals surface area contributed by atoms with E-state index in [1.807, 2.05) is 6.08 Å². The topological polar surface area (TPSA) is 137 Å². The van der Waals surface area contributed by atoms with E-state index in [2.05, 4.69) is 0 Å². The number of amides is 4. The first-order valence-corrected chi connectivity index (χ1v) is 9.81. The first-order chi connectivity index (χ1) is 14.3. The number of ether oxygens (including phenoxy) is 1. The van der Waals surface area contributed by atoms with Crippen molar-refractivity contribution in [2.75, 3.05) is 0 Å². The monoisotopic (exact) mass is 422 g/mol. The minimum atomic E-state index is -1.19. The fraction of sp³-hybridized carbons (Fsp3) is 0.579. The number of hydrogen-bond donors (Lipinski definition) is 0. The van der Waals surface area contributed by atoms with Gasteiger partial charge in [-0.05, 0) is 37.7 Å². The van der Waals surface area contributed by atoms with Crippen LogP contribution in [0.1, 0.15) is 57.8 Å². The normalized spacial score (nSPS) is 25.7. The van der Waals surface area contributed by atoms with Gasteiger partial charge in [-0.1, -0.05) is 11.1 Å². The minimum absolute atomic E-state index is 0.0143. The second-order valence-electron chi connectivity index (χ2n) is 7.29. The molecular formula is C19H22N2O9. The highest BCUT2D eigenvalue weighted by Gasteiger charge is 2.35. The van der Waals surface area contributed by atoms with E-state index in [9.17, 15) is 28.8 Å². The summed E-state index contributed by atoms with van der Waals surface area (Å²) in [6.45, 7) is 0. The third kappa shape index (κ3) is 5.43. The third-order valence-corrected chi connectivity index (χ3v) is 4.97. The van der Waals surface area contributed by atoms with Crippen molar-refractivity contribution in [3.05, 3.63) is 12.2 Å². The molecule has 4 amide bonds. The van der Waals surface area contributed by atoms with Crippen LogP contribution in [0.5, 0.6) is 0 Å². The van der Waals surface area contributed by atoms with Gasteiger partial charge in [0.05, 0.1) is 6.42 Å². The fourth-order valence-electron chi connectivity index (χ4n) is 3.48. The molecule has 11 heteroatoms. The van der Waals surface area contributed by atoms with Gasteiger partial charge in [-0.25, -0.2) is 9.59 Å². The van der Waals surface area contributed by atoms with E-state index in [0.29, 0.717) is 23.0 Å². The zero-order valence-electron chi connectivity index (χ0n) is 16.2. The highest BCUT2D eigenvalue weighted by molar-refractivity contribution is 6.02. The van der Waals surface area contributed by atoms with Gasteiger partial charge in [0.15, 0.2) is 0 Å². The highest BCUT2D eigenvalue weighted by Crippen LogP contribution is 2.25. The lowest BCUT2D eigenvalue weighted by atomic mass is 9.90. The molecular weight excluding hydrogens is 400 g/mol. The number of nitrogens with zero attached hydrogens (tertiary/aromatic N) is 2. The van der Waals surface area contributed by atoms with Gasteiger partial charge in [0.25, 0.3) is 23.6 Å². The molecule has 3 aliphatic rings. The number of hydroxylamine groups is 4. The van der Waals surface area contributed by atoms with Gasteiger partial charge in [-0.15, -0.1) is 5.06 Å². The largest absolute Gasteiger partial charge is 0.534 e. The predicted molar refractivity (Wildman–Crippen MR) is 95.3 cm³/mol. The molecule has 2 fully saturated rings. The molecule has 162 valence electrons. The molecule has 0 bridgehead atoms. The molecule has 0 aromatic carbocycles. The molecule has 2 heterocycles. The number of hydrogen-bond acceptors (Lipinski definition) is 9. The maximum atomic E-state index is 12.2. The first kappa shape index (κ1) is 21.5. The van der Waals surface area contributed by atoms with Gasteiger partial charge in [-0.2, -0.15) is 0 Å². The number of rotatable bonds is 5. The lowest BCUT2D eigenvalue weighted by Gasteiger charge is -2.23. The summed E-state index contributed by atoms with van der Waals surface area (Å²) in [6.07, 6.45) is 3.87. The van der Waals surface area contributed by atoms with E-state index in [1.54, 1.807) is 6.08 Å². The van der Waals surface area contributed by atoms with Gasteiger partial charge in [0.1, 0.15) is 6.10 Å². The Labute approximate surface area is 171 Å². The van der Waals surface area contributed by atoms with Crippen LogP contribution in [0.3, 0.4) is 0 Å². The average Bonchev–Trinajstić information content (AvgIpc) is 3.15. The Hall–Kier alpha value is -3.24. The predicted octanol–water partition coefficient (Wildman–Crippen LogP) is 1.32. The second-order valence-corrected chi connectivity index (χ2v) is 7.29. The van der Waals surface area contributed by atoms with Crippen LogP contribution >= 0.6 is 0 Å². The van der Waals surface area contributed by atoms with Gasteiger partial charge in [-0.3, -0.25) is 24.0 Å². The molecule has 0 radical (unpaired) electrons. The molecule has 2 saturated heterocycles. The van der Waals surface area contributed by atoms with Crippen LogP contribution in [-0.2, 0) is 38.4 Å². The molecule has 2 atom stereocenters. The molecule has 0 spiro atoms. The fourth-order valence-corrected chi connectivity index (χ4v) is 3.48. The van der Waals surface area contributed by atoms with Crippen molar-refractivity contribution in [1.82, 2.24) is 10.1 Å². The smallest absolute Gasteiger partial charge is 0.425 e. The molecule has 3 rings (SSSR count). The van der Waals surface area contributed by atoms with Crippen LogP contribution in [0.4, 0.5) is 4.79 Å². The third-order valence-electron chi connectivity index (χ3n) is 4.97. The Morgan fingerprint density at radius 1 is 0.900 bits per heavy atom. The van der Waals surface area contributed by atoms with Crippen molar-refractivity contribution in [3.8, 4) is 0 Å². The SMILES string of the molecule is O=C(CC1CCC/C=C/C(OC(=O)ON2C(=O)CCC2=O)C1)ON1C(=O)CCC1=O. The first-order valence-electron chi connectivity index (χ1n) is 9.81. The summed E-state index contributed by atoms with van der Waals surface area (Å²) in [5.74, 6) is -3.28. The standard InChI is InChI=1S/C19H22N2O9/c22-14-6-7-15(23)20(14)29-18(26)11-12-4-2-1-3-5-13(10-12)28-19(27)30-21-16(24)8-9-17(21)25/h3,5,12-13H,1-2,4,6-11H2/b5-3+. The van der Waals surface area contributed by atoms with Crippen LogP contribution in [0.15, 0.2) is 12.2 Å². The van der Waals surface area contributed by atoms with Gasteiger partial charge in [0, 0.05) is 25.7 Å². The summed E-state index contributed by atoms with van der Waals surface area (Å²) in [6, 6.07) is 0. The van der Waals surface area contributed by atoms with E-state index >= 15 is 0 Å². The number of allylic oxidation sites excluding steroid dienone is 1. The molecule has 0 N–H and O–H groups in total. The molecule has 0 saturated carbocycles. The van der Waals surface area contributed by atoms with Crippen LogP contribution in [0.2, 0.25) is 0 Å². The van der Waals surface area contributed by atoms with E-state index in [1.165, 1.54) is 0 Å². The van der Waals surface area contributed by atoms with Gasteiger partial charge >= 0.3 is 12.1 Å². The van der Waals surface area contributed by atoms with Crippen molar-refractivity contribution in [1.29, 1.82) is 0 Å². The average molecular weight is 422 g/mol. The van der Waals surface area contributed by atoms with Gasteiger partial charge in [0.2, 0.25) is 0 Å². The Morgan fingerprint density at radius 3 is 2.07 bits per heavy atom. The van der Waals surface area contributed by atoms with Crippen LogP contribution < -0.4 is 0 Å². The molecule has 0 aromatic rings. The highest BCUT2D eigenvalue weighted by atomic mass is 16.8. The van der Waals surface area contributed by atoms with Crippen molar-refractivity contribution < 1.29 is 43.2 Å². The molecule has 1 aliphatic carbocycles. The maximum absolute atomic E-state index is 12.2. The van der Waals surface area contributed by atoms with Gasteiger partial charge < -0.3 is 9.57 Å². The summed E-state index contributed by atoms with van der Waals surface area (Å²) < 4.78 is 5.20. The Morgan fingerprint density at radius 2 is 1.47 bits per heavy atom. The zero-order chi connectivity index (χ0) is 21.7. The summed E-state index contributed by atoms with van der Waals surface area (Å²) in [4.78, 5) is 80.0. The molecule has 2 unspecified atom stereocenters. The molecule has 0 aromatic heterocycles. The molecule has 2 aliphatic heterocycles. The Kier molecular flexibility index (Phi) is 6.80. The van der Waals surface area contributed by atoms with E-state index in [-0.39, 0.29) is 44.4 Å². The quantitative estimate of drug-likeness (QED) is 0.365. The van der Waals surface area contributed by atoms with E-state index < -0.39 is 41.9 Å². The summed E-state index contributed by atoms with van der Waals surface area (Å²) in [5, 5.41) is 0.897. The molecule has 30 heavy (non-hydrogen) atoms. The van der Waals surface area contributed by atoms with Crippen LogP contribution in [0.25, 0.3) is 0 Å². The Balaban J connectivity index is 1.53. The molecule has 11 nitrogen and oxygen atoms in total. The lowest BCUT2D eigenvalue weighted by molar-refractivity contribution is -0.198. The zero-order valence-corrected chi connectivity index (χ0v) is 16.2. The number of carbonyl (C=O) groups excluding carboxylic acids is 6. The van der Waals surface area contributed by atoms with Crippen molar-refractivity contribution in [2.24, 2.45) is 5.92 Å². The number of imide groups is 2. The van der Waals surface area contributed by atoms with Crippen LogP contribution in [-0.4, -0.2) is 52.0 Å². The Bertz CT molecular complexity index is 759. The minimum Gasteiger partial charge on any atom is -0.425 e. The van der Waals surface area contributed by atoms with Crippen molar-refractivity contribution >= 4 is 35.8 Å². The summed E-state index contributed by atoms with van der Waals surface area (Å²) in [7, 11) is 0. The lowest BCUT2D eigenvalue weighted by Crippen LogP contribution is -2.34. The van der Waals surface area contributed by atoms with E-state index in [0.717, 1.165) is 6.42 Å². The van der Waals surface area contributed by atoms with E-state index in [4.69, 9.17) is 14.4 Å². The second kappa shape index (κ2) is 9.51. The summed E-state index contributed by atoms with van der Waals surface area (Å²) >= 11 is 0. The maximum Gasteiger partial charge on any atom is 0.534 e. The summed E-state index contributed by atoms with van der Waals surface area (Å²) in [5.41, 5.74) is 0. The van der Waals surface area contributed by atoms with Crippen molar-refractivity contribution in [3.63, 3.8) is 0 Å². The van der Waals surface area contributed by atoms with Crippen molar-refractivity contribution in [2.45, 2.75) is 63.9 Å².